The van der Waals surface area contributed by atoms with Crippen LogP contribution < -0.4 is 15.0 Å². The molecule has 0 atom stereocenters. The molecular formula is C17H17N3O5. The van der Waals surface area contributed by atoms with Gasteiger partial charge in [-0.15, -0.1) is 0 Å². The molecule has 8 nitrogen and oxygen atoms in total. The average molecular weight is 343 g/mol. The summed E-state index contributed by atoms with van der Waals surface area (Å²) in [5, 5.41) is 0. The van der Waals surface area contributed by atoms with Crippen LogP contribution in [-0.4, -0.2) is 41.2 Å². The largest absolute Gasteiger partial charge is 0.496 e. The van der Waals surface area contributed by atoms with E-state index in [4.69, 9.17) is 14.2 Å². The first-order chi connectivity index (χ1) is 12.1. The Morgan fingerprint density at radius 1 is 1.28 bits per heavy atom. The number of esters is 1. The Labute approximate surface area is 142 Å². The first kappa shape index (κ1) is 16.6. The van der Waals surface area contributed by atoms with E-state index in [0.717, 1.165) is 0 Å². The Morgan fingerprint density at radius 2 is 2.12 bits per heavy atom. The predicted molar refractivity (Wildman–Crippen MR) is 90.8 cm³/mol. The molecule has 0 aliphatic rings. The molecule has 3 aromatic rings. The minimum absolute atomic E-state index is 0.184. The molecule has 0 amide bonds. The second-order valence-corrected chi connectivity index (χ2v) is 5.11. The van der Waals surface area contributed by atoms with Crippen LogP contribution in [-0.2, 0) is 9.53 Å². The van der Waals surface area contributed by atoms with Crippen molar-refractivity contribution in [3.63, 3.8) is 0 Å². The fraction of sp³-hybridized carbons (Fsp3) is 0.235. The number of imidazole rings is 1. The molecular weight excluding hydrogens is 326 g/mol. The van der Waals surface area contributed by atoms with Crippen molar-refractivity contribution in [2.45, 2.75) is 6.92 Å². The van der Waals surface area contributed by atoms with Gasteiger partial charge in [-0.1, -0.05) is 0 Å². The maximum atomic E-state index is 11.8. The van der Waals surface area contributed by atoms with E-state index in [-0.39, 0.29) is 12.2 Å². The highest BCUT2D eigenvalue weighted by atomic mass is 16.6. The van der Waals surface area contributed by atoms with E-state index in [2.05, 4.69) is 15.0 Å². The van der Waals surface area contributed by atoms with Crippen molar-refractivity contribution in [2.75, 3.05) is 20.3 Å². The number of fused-ring (bicyclic) bond motifs is 1. The van der Waals surface area contributed by atoms with Gasteiger partial charge in [0.1, 0.15) is 17.3 Å². The number of pyridine rings is 1. The molecule has 2 heterocycles. The lowest BCUT2D eigenvalue weighted by atomic mass is 10.2. The van der Waals surface area contributed by atoms with Gasteiger partial charge in [0.2, 0.25) is 0 Å². The summed E-state index contributed by atoms with van der Waals surface area (Å²) in [7, 11) is 1.52. The molecule has 2 aromatic heterocycles. The van der Waals surface area contributed by atoms with Crippen LogP contribution in [0, 0.1) is 0 Å². The molecule has 0 unspecified atom stereocenters. The highest BCUT2D eigenvalue weighted by Gasteiger charge is 2.14. The van der Waals surface area contributed by atoms with Gasteiger partial charge in [0.25, 0.3) is 5.56 Å². The monoisotopic (exact) mass is 343 g/mol. The summed E-state index contributed by atoms with van der Waals surface area (Å²) in [6.07, 6.45) is 1.55. The number of aromatic amines is 2. The summed E-state index contributed by atoms with van der Waals surface area (Å²) in [4.78, 5) is 33.2. The SMILES string of the molecule is CCOC(=O)COc1ccc(-c2nc3c(=O)[nH]ccc3[nH]2)c(OC)c1. The zero-order chi connectivity index (χ0) is 17.8. The lowest BCUT2D eigenvalue weighted by Gasteiger charge is -2.10. The molecule has 0 fully saturated rings. The number of ether oxygens (including phenoxy) is 3. The lowest BCUT2D eigenvalue weighted by Crippen LogP contribution is -2.14. The summed E-state index contributed by atoms with van der Waals surface area (Å²) in [5.41, 5.74) is 1.35. The normalized spacial score (nSPS) is 10.6. The van der Waals surface area contributed by atoms with E-state index in [0.29, 0.717) is 40.5 Å². The van der Waals surface area contributed by atoms with Gasteiger partial charge >= 0.3 is 5.97 Å². The first-order valence-corrected chi connectivity index (χ1v) is 7.66. The number of carbonyl (C=O) groups is 1. The molecule has 1 aromatic carbocycles. The van der Waals surface area contributed by atoms with Gasteiger partial charge in [-0.05, 0) is 25.1 Å². The molecule has 0 saturated carbocycles. The molecule has 25 heavy (non-hydrogen) atoms. The molecule has 2 N–H and O–H groups in total. The Hall–Kier alpha value is -3.29. The summed E-state index contributed by atoms with van der Waals surface area (Å²) in [6, 6.07) is 6.81. The van der Waals surface area contributed by atoms with Crippen LogP contribution in [0.25, 0.3) is 22.4 Å². The van der Waals surface area contributed by atoms with Crippen molar-refractivity contribution >= 4 is 17.0 Å². The van der Waals surface area contributed by atoms with Crippen molar-refractivity contribution in [1.29, 1.82) is 0 Å². The molecule has 0 aliphatic carbocycles. The van der Waals surface area contributed by atoms with Crippen LogP contribution >= 0.6 is 0 Å². The van der Waals surface area contributed by atoms with Crippen LogP contribution in [0.15, 0.2) is 35.3 Å². The molecule has 130 valence electrons. The van der Waals surface area contributed by atoms with E-state index < -0.39 is 5.97 Å². The highest BCUT2D eigenvalue weighted by Crippen LogP contribution is 2.32. The second kappa shape index (κ2) is 7.08. The topological polar surface area (TPSA) is 106 Å². The molecule has 3 rings (SSSR count). The molecule has 0 radical (unpaired) electrons. The Morgan fingerprint density at radius 3 is 2.84 bits per heavy atom. The van der Waals surface area contributed by atoms with E-state index >= 15 is 0 Å². The van der Waals surface area contributed by atoms with Gasteiger partial charge in [-0.3, -0.25) is 4.79 Å². The van der Waals surface area contributed by atoms with Crippen LogP contribution in [0.5, 0.6) is 11.5 Å². The van der Waals surface area contributed by atoms with Crippen molar-refractivity contribution in [1.82, 2.24) is 15.0 Å². The average Bonchev–Trinajstić information content (AvgIpc) is 3.05. The third-order valence-corrected chi connectivity index (χ3v) is 3.50. The zero-order valence-corrected chi connectivity index (χ0v) is 13.8. The van der Waals surface area contributed by atoms with E-state index in [1.165, 1.54) is 7.11 Å². The highest BCUT2D eigenvalue weighted by molar-refractivity contribution is 5.80. The van der Waals surface area contributed by atoms with Crippen molar-refractivity contribution < 1.29 is 19.0 Å². The van der Waals surface area contributed by atoms with Gasteiger partial charge in [-0.25, -0.2) is 9.78 Å². The van der Waals surface area contributed by atoms with Gasteiger partial charge in [0.05, 0.1) is 24.8 Å². The van der Waals surface area contributed by atoms with E-state index in [1.807, 2.05) is 0 Å². The quantitative estimate of drug-likeness (QED) is 0.662. The lowest BCUT2D eigenvalue weighted by molar-refractivity contribution is -0.145. The fourth-order valence-electron chi connectivity index (χ4n) is 2.38. The summed E-state index contributed by atoms with van der Waals surface area (Å²) < 4.78 is 15.6. The van der Waals surface area contributed by atoms with E-state index in [1.54, 1.807) is 37.4 Å². The summed E-state index contributed by atoms with van der Waals surface area (Å²) in [6.45, 7) is 1.85. The van der Waals surface area contributed by atoms with Gasteiger partial charge < -0.3 is 24.2 Å². The zero-order valence-electron chi connectivity index (χ0n) is 13.8. The second-order valence-electron chi connectivity index (χ2n) is 5.11. The van der Waals surface area contributed by atoms with E-state index in [9.17, 15) is 9.59 Å². The van der Waals surface area contributed by atoms with Crippen LogP contribution in [0.4, 0.5) is 0 Å². The third-order valence-electron chi connectivity index (χ3n) is 3.50. The first-order valence-electron chi connectivity index (χ1n) is 7.66. The number of hydrogen-bond donors (Lipinski definition) is 2. The van der Waals surface area contributed by atoms with Crippen LogP contribution in [0.2, 0.25) is 0 Å². The van der Waals surface area contributed by atoms with Crippen molar-refractivity contribution in [3.05, 3.63) is 40.8 Å². The molecule has 0 spiro atoms. The van der Waals surface area contributed by atoms with Crippen LogP contribution in [0.3, 0.4) is 0 Å². The molecule has 8 heteroatoms. The van der Waals surface area contributed by atoms with Gasteiger partial charge in [0.15, 0.2) is 12.1 Å². The minimum atomic E-state index is -0.443. The number of hydrogen-bond acceptors (Lipinski definition) is 6. The predicted octanol–water partition coefficient (Wildman–Crippen LogP) is 1.87. The van der Waals surface area contributed by atoms with Crippen molar-refractivity contribution in [3.8, 4) is 22.9 Å². The summed E-state index contributed by atoms with van der Waals surface area (Å²) in [5.74, 6) is 1.02. The summed E-state index contributed by atoms with van der Waals surface area (Å²) >= 11 is 0. The maximum absolute atomic E-state index is 11.8. The number of rotatable bonds is 6. The Balaban J connectivity index is 1.89. The number of nitrogens with zero attached hydrogens (tertiary/aromatic N) is 1. The smallest absolute Gasteiger partial charge is 0.344 e. The Kier molecular flexibility index (Phi) is 4.69. The van der Waals surface area contributed by atoms with Gasteiger partial charge in [-0.2, -0.15) is 0 Å². The number of methoxy groups -OCH3 is 1. The van der Waals surface area contributed by atoms with Gasteiger partial charge in [0, 0.05) is 12.3 Å². The number of nitrogens with one attached hydrogen (secondary N) is 2. The molecule has 0 aliphatic heterocycles. The van der Waals surface area contributed by atoms with Crippen LogP contribution in [0.1, 0.15) is 6.92 Å². The number of benzene rings is 1. The molecule has 0 saturated heterocycles. The number of H-pyrrole nitrogens is 2. The number of aromatic nitrogens is 3. The van der Waals surface area contributed by atoms with Crippen molar-refractivity contribution in [2.24, 2.45) is 0 Å². The standard InChI is InChI=1S/C17H17N3O5/c1-3-24-14(21)9-25-10-4-5-11(13(8-10)23-2)16-19-12-6-7-18-17(22)15(12)20-16/h4-8H,3,9H2,1-2H3,(H,18,22)(H,19,20). The third kappa shape index (κ3) is 3.47. The number of carbonyl (C=O) groups excluding carboxylic acids is 1. The fourth-order valence-corrected chi connectivity index (χ4v) is 2.38. The molecule has 0 bridgehead atoms. The maximum Gasteiger partial charge on any atom is 0.344 e. The minimum Gasteiger partial charge on any atom is -0.496 e. The Bertz CT molecular complexity index is 960.